The Bertz CT molecular complexity index is 1580. The summed E-state index contributed by atoms with van der Waals surface area (Å²) in [7, 11) is -9.70. The summed E-state index contributed by atoms with van der Waals surface area (Å²) in [5, 5.41) is 0. The zero-order valence-electron chi connectivity index (χ0n) is 27.0. The summed E-state index contributed by atoms with van der Waals surface area (Å²) in [4.78, 5) is 8.52. The average Bonchev–Trinajstić information content (AvgIpc) is 3.01. The van der Waals surface area contributed by atoms with Gasteiger partial charge in [0.2, 0.25) is 0 Å². The molecule has 0 N–H and O–H groups in total. The van der Waals surface area contributed by atoms with Crippen LogP contribution in [0, 0.1) is 13.8 Å². The molecule has 2 saturated heterocycles. The third kappa shape index (κ3) is 10.0. The van der Waals surface area contributed by atoms with E-state index in [1.165, 1.54) is 24.3 Å². The van der Waals surface area contributed by atoms with Crippen LogP contribution in [0.3, 0.4) is 0 Å². The maximum atomic E-state index is 12.5. The van der Waals surface area contributed by atoms with Crippen molar-refractivity contribution in [2.45, 2.75) is 31.8 Å². The molecule has 0 spiro atoms. The van der Waals surface area contributed by atoms with E-state index in [-0.39, 0.29) is 11.5 Å². The standard InChI is InChI=1S/C15H21F3N2O4S.C14H19F3N2O3S/c1-12-13(20-8-6-19(7-9-20)10-11-23-2)4-3-5-14(12)24-25(21,22)15(16,17)18;1-3-18-7-9-19(10-8-18)12-5-4-6-13(11(12)2)22-23(20,21)14(15,16)17/h3-5H,6-11H2,1-2H3;4-6H,3,7-10H2,1-2H3. The fraction of sp³-hybridized carbons (Fsp3) is 0.586. The number of rotatable bonds is 10. The molecule has 2 heterocycles. The monoisotopic (exact) mass is 734 g/mol. The van der Waals surface area contributed by atoms with Crippen molar-refractivity contribution in [1.82, 2.24) is 9.80 Å². The minimum absolute atomic E-state index is 0.294. The molecule has 4 rings (SSSR count). The van der Waals surface area contributed by atoms with Crippen molar-refractivity contribution in [3.8, 4) is 11.5 Å². The number of nitrogens with zero attached hydrogens (tertiary/aromatic N) is 4. The van der Waals surface area contributed by atoms with Gasteiger partial charge in [0.25, 0.3) is 0 Å². The molecule has 2 aliphatic heterocycles. The van der Waals surface area contributed by atoms with Gasteiger partial charge in [0, 0.05) is 88.5 Å². The van der Waals surface area contributed by atoms with Crippen molar-refractivity contribution in [3.63, 3.8) is 0 Å². The minimum atomic E-state index is -5.68. The highest BCUT2D eigenvalue weighted by molar-refractivity contribution is 7.88. The molecular weight excluding hydrogens is 694 g/mol. The Morgan fingerprint density at radius 3 is 1.35 bits per heavy atom. The Balaban J connectivity index is 0.000000261. The van der Waals surface area contributed by atoms with Crippen LogP contribution < -0.4 is 18.2 Å². The first kappa shape index (κ1) is 39.4. The predicted octanol–water partition coefficient (Wildman–Crippen LogP) is 4.36. The zero-order valence-corrected chi connectivity index (χ0v) is 28.6. The van der Waals surface area contributed by atoms with Crippen LogP contribution in [0.25, 0.3) is 0 Å². The van der Waals surface area contributed by atoms with Crippen LogP contribution in [0.5, 0.6) is 11.5 Å². The number of benzene rings is 2. The number of alkyl halides is 6. The highest BCUT2D eigenvalue weighted by Crippen LogP contribution is 2.35. The number of hydrogen-bond donors (Lipinski definition) is 0. The second-order valence-corrected chi connectivity index (χ2v) is 14.1. The summed E-state index contributed by atoms with van der Waals surface area (Å²) in [6.07, 6.45) is 0. The molecule has 0 saturated carbocycles. The quantitative estimate of drug-likeness (QED) is 0.198. The van der Waals surface area contributed by atoms with Crippen molar-refractivity contribution >= 4 is 31.6 Å². The Morgan fingerprint density at radius 2 is 1.02 bits per heavy atom. The van der Waals surface area contributed by atoms with E-state index in [0.29, 0.717) is 42.2 Å². The van der Waals surface area contributed by atoms with Gasteiger partial charge >= 0.3 is 31.3 Å². The summed E-state index contributed by atoms with van der Waals surface area (Å²) in [6.45, 7) is 13.7. The lowest BCUT2D eigenvalue weighted by molar-refractivity contribution is -0.0505. The SMILES string of the molecule is CCN1CCN(c2cccc(OS(=O)(=O)C(F)(F)F)c2C)CC1.COCCN1CCN(c2cccc(OS(=O)(=O)C(F)(F)F)c2C)CC1. The van der Waals surface area contributed by atoms with Crippen LogP contribution in [0.4, 0.5) is 37.7 Å². The van der Waals surface area contributed by atoms with Crippen molar-refractivity contribution in [1.29, 1.82) is 0 Å². The molecule has 0 bridgehead atoms. The van der Waals surface area contributed by atoms with E-state index in [0.717, 1.165) is 52.4 Å². The lowest BCUT2D eigenvalue weighted by atomic mass is 10.1. The third-order valence-electron chi connectivity index (χ3n) is 7.96. The number of halogens is 6. The average molecular weight is 735 g/mol. The molecule has 0 aromatic heterocycles. The zero-order chi connectivity index (χ0) is 35.9. The van der Waals surface area contributed by atoms with Crippen molar-refractivity contribution in [2.75, 3.05) is 89.0 Å². The summed E-state index contributed by atoms with van der Waals surface area (Å²) in [5.74, 6) is -0.602. The number of hydrogen-bond acceptors (Lipinski definition) is 11. The normalized spacial score (nSPS) is 17.1. The summed E-state index contributed by atoms with van der Waals surface area (Å²) in [5.41, 5.74) is -8.80. The lowest BCUT2D eigenvalue weighted by Gasteiger charge is -2.36. The molecule has 0 radical (unpaired) electrons. The Hall–Kier alpha value is -3.00. The highest BCUT2D eigenvalue weighted by atomic mass is 32.2. The van der Waals surface area contributed by atoms with E-state index >= 15 is 0 Å². The summed E-state index contributed by atoms with van der Waals surface area (Å²) >= 11 is 0. The number of anilines is 2. The Kier molecular flexibility index (Phi) is 13.3. The van der Waals surface area contributed by atoms with Gasteiger partial charge in [0.05, 0.1) is 6.61 Å². The summed E-state index contributed by atoms with van der Waals surface area (Å²) < 4.78 is 133. The molecule has 2 aliphatic rings. The third-order valence-corrected chi connectivity index (χ3v) is 9.89. The van der Waals surface area contributed by atoms with E-state index in [2.05, 4.69) is 25.1 Å². The number of piperazine rings is 2. The first-order valence-electron chi connectivity index (χ1n) is 15.0. The topological polar surface area (TPSA) is 109 Å². The molecular formula is C29H40F6N4O7S2. The molecule has 11 nitrogen and oxygen atoms in total. The molecule has 2 fully saturated rings. The molecule has 19 heteroatoms. The van der Waals surface area contributed by atoms with Crippen LogP contribution in [0.2, 0.25) is 0 Å². The van der Waals surface area contributed by atoms with E-state index in [9.17, 15) is 43.2 Å². The molecule has 2 aromatic carbocycles. The van der Waals surface area contributed by atoms with E-state index in [1.807, 2.05) is 9.80 Å². The maximum Gasteiger partial charge on any atom is 0.534 e. The number of methoxy groups -OCH3 is 1. The highest BCUT2D eigenvalue weighted by Gasteiger charge is 2.49. The number of ether oxygens (including phenoxy) is 1. The summed E-state index contributed by atoms with van der Waals surface area (Å²) in [6, 6.07) is 8.93. The van der Waals surface area contributed by atoms with Crippen molar-refractivity contribution in [3.05, 3.63) is 47.5 Å². The van der Waals surface area contributed by atoms with Gasteiger partial charge in [-0.05, 0) is 44.7 Å². The maximum absolute atomic E-state index is 12.5. The Labute approximate surface area is 277 Å². The van der Waals surface area contributed by atoms with Gasteiger partial charge in [-0.25, -0.2) is 0 Å². The molecule has 0 atom stereocenters. The minimum Gasteiger partial charge on any atom is -0.383 e. The smallest absolute Gasteiger partial charge is 0.383 e. The molecule has 48 heavy (non-hydrogen) atoms. The molecule has 0 aliphatic carbocycles. The van der Waals surface area contributed by atoms with Crippen LogP contribution in [-0.2, 0) is 25.0 Å². The lowest BCUT2D eigenvalue weighted by Crippen LogP contribution is -2.47. The van der Waals surface area contributed by atoms with Gasteiger partial charge in [0.1, 0.15) is 11.5 Å². The fourth-order valence-electron chi connectivity index (χ4n) is 5.14. The predicted molar refractivity (Wildman–Crippen MR) is 168 cm³/mol. The number of likely N-dealkylation sites (N-methyl/N-ethyl adjacent to an activating group) is 1. The molecule has 0 unspecified atom stereocenters. The first-order chi connectivity index (χ1) is 22.3. The van der Waals surface area contributed by atoms with Crippen molar-refractivity contribution < 1.29 is 56.3 Å². The molecule has 2 aromatic rings. The van der Waals surface area contributed by atoms with Gasteiger partial charge in [-0.3, -0.25) is 4.90 Å². The largest absolute Gasteiger partial charge is 0.534 e. The second kappa shape index (κ2) is 16.1. The van der Waals surface area contributed by atoms with E-state index in [1.54, 1.807) is 33.1 Å². The second-order valence-electron chi connectivity index (χ2n) is 11.0. The Morgan fingerprint density at radius 1 is 0.646 bits per heavy atom. The van der Waals surface area contributed by atoms with Gasteiger partial charge in [-0.15, -0.1) is 0 Å². The first-order valence-corrected chi connectivity index (χ1v) is 17.8. The fourth-order valence-corrected chi connectivity index (χ4v) is 6.16. The van der Waals surface area contributed by atoms with Crippen molar-refractivity contribution in [2.24, 2.45) is 0 Å². The van der Waals surface area contributed by atoms with Gasteiger partial charge in [-0.1, -0.05) is 19.1 Å². The van der Waals surface area contributed by atoms with Crippen LogP contribution in [0.1, 0.15) is 18.1 Å². The van der Waals surface area contributed by atoms with Gasteiger partial charge < -0.3 is 27.8 Å². The molecule has 272 valence electrons. The van der Waals surface area contributed by atoms with Crippen LogP contribution in [0.15, 0.2) is 36.4 Å². The van der Waals surface area contributed by atoms with Crippen LogP contribution >= 0.6 is 0 Å². The van der Waals surface area contributed by atoms with Crippen LogP contribution in [-0.4, -0.2) is 117 Å². The molecule has 0 amide bonds. The van der Waals surface area contributed by atoms with E-state index < -0.39 is 31.3 Å². The van der Waals surface area contributed by atoms with E-state index in [4.69, 9.17) is 4.74 Å². The van der Waals surface area contributed by atoms with Gasteiger partial charge in [-0.2, -0.15) is 43.2 Å². The van der Waals surface area contributed by atoms with Gasteiger partial charge in [0.15, 0.2) is 0 Å².